The van der Waals surface area contributed by atoms with Gasteiger partial charge in [0.2, 0.25) is 0 Å². The summed E-state index contributed by atoms with van der Waals surface area (Å²) in [7, 11) is -4.08. The number of halogens is 4. The molecule has 0 fully saturated rings. The number of Topliss-reactive ketones (excluding diaryl/α,β-unsaturated/α-hetero) is 1. The standard InChI is InChI=1S/C25H21ClF3N3O4S/c1-3-20(33)23-22(15-7-5-4-6-8-15)19-11-16(26)9-10-18(19)24(34)31(23)13-17-12-21(37(2,35)36)32(30-17)14-25(27,28)29/h4-12H,3,13-14H2,1-2H3. The SMILES string of the molecule is CCC(=O)c1c(-c2ccccc2)c2cc(Cl)ccc2c(=O)n1Cc1cc(S(C)(=O)=O)n(CC(F)(F)F)n1. The van der Waals surface area contributed by atoms with Crippen LogP contribution in [0.3, 0.4) is 0 Å². The molecule has 0 saturated heterocycles. The lowest BCUT2D eigenvalue weighted by atomic mass is 9.94. The van der Waals surface area contributed by atoms with Gasteiger partial charge in [-0.2, -0.15) is 18.3 Å². The molecule has 2 aromatic carbocycles. The van der Waals surface area contributed by atoms with Crippen LogP contribution in [-0.4, -0.2) is 41.0 Å². The highest BCUT2D eigenvalue weighted by Crippen LogP contribution is 2.33. The summed E-state index contributed by atoms with van der Waals surface area (Å²) in [6, 6.07) is 14.4. The quantitative estimate of drug-likeness (QED) is 0.297. The third kappa shape index (κ3) is 5.47. The number of alkyl halides is 3. The van der Waals surface area contributed by atoms with Crippen molar-refractivity contribution in [1.82, 2.24) is 14.3 Å². The number of hydrogen-bond acceptors (Lipinski definition) is 5. The van der Waals surface area contributed by atoms with Gasteiger partial charge in [-0.1, -0.05) is 48.9 Å². The van der Waals surface area contributed by atoms with Gasteiger partial charge in [0.25, 0.3) is 5.56 Å². The lowest BCUT2D eigenvalue weighted by Crippen LogP contribution is -2.28. The van der Waals surface area contributed by atoms with Crippen molar-refractivity contribution in [2.45, 2.75) is 37.6 Å². The van der Waals surface area contributed by atoms with Gasteiger partial charge in [0.15, 0.2) is 20.6 Å². The molecule has 37 heavy (non-hydrogen) atoms. The van der Waals surface area contributed by atoms with E-state index in [1.165, 1.54) is 12.1 Å². The summed E-state index contributed by atoms with van der Waals surface area (Å²) < 4.78 is 65.2. The van der Waals surface area contributed by atoms with Crippen molar-refractivity contribution in [3.63, 3.8) is 0 Å². The molecular weight excluding hydrogens is 531 g/mol. The number of sulfone groups is 1. The minimum absolute atomic E-state index is 0.0275. The number of hydrogen-bond donors (Lipinski definition) is 0. The van der Waals surface area contributed by atoms with Crippen LogP contribution >= 0.6 is 11.6 Å². The van der Waals surface area contributed by atoms with Gasteiger partial charge in [-0.05, 0) is 29.1 Å². The normalized spacial score (nSPS) is 12.3. The zero-order valence-corrected chi connectivity index (χ0v) is 21.3. The first kappa shape index (κ1) is 26.6. The van der Waals surface area contributed by atoms with Crippen molar-refractivity contribution in [2.75, 3.05) is 6.26 Å². The Kier molecular flexibility index (Phi) is 7.04. The molecule has 12 heteroatoms. The molecule has 0 saturated carbocycles. The predicted molar refractivity (Wildman–Crippen MR) is 134 cm³/mol. The third-order valence-corrected chi connectivity index (χ3v) is 7.03. The zero-order valence-electron chi connectivity index (χ0n) is 19.7. The highest BCUT2D eigenvalue weighted by atomic mass is 35.5. The Bertz CT molecular complexity index is 1680. The molecule has 0 aliphatic rings. The summed E-state index contributed by atoms with van der Waals surface area (Å²) in [4.78, 5) is 26.9. The van der Waals surface area contributed by atoms with Gasteiger partial charge in [-0.3, -0.25) is 14.2 Å². The molecule has 2 aromatic heterocycles. The monoisotopic (exact) mass is 551 g/mol. The fraction of sp³-hybridized carbons (Fsp3) is 0.240. The van der Waals surface area contributed by atoms with Crippen LogP contribution in [0.15, 0.2) is 64.4 Å². The van der Waals surface area contributed by atoms with Gasteiger partial charge in [0.1, 0.15) is 6.54 Å². The molecule has 7 nitrogen and oxygen atoms in total. The van der Waals surface area contributed by atoms with Crippen molar-refractivity contribution >= 4 is 38.0 Å². The molecule has 0 aliphatic carbocycles. The Morgan fingerprint density at radius 3 is 2.32 bits per heavy atom. The van der Waals surface area contributed by atoms with Gasteiger partial charge in [-0.25, -0.2) is 13.1 Å². The smallest absolute Gasteiger partial charge is 0.298 e. The molecule has 0 aliphatic heterocycles. The van der Waals surface area contributed by atoms with E-state index in [9.17, 15) is 31.2 Å². The Morgan fingerprint density at radius 2 is 1.73 bits per heavy atom. The molecule has 194 valence electrons. The lowest BCUT2D eigenvalue weighted by molar-refractivity contribution is -0.144. The average molecular weight is 552 g/mol. The highest BCUT2D eigenvalue weighted by molar-refractivity contribution is 7.90. The molecular formula is C25H21ClF3N3O4S. The number of benzene rings is 2. The second-order valence-electron chi connectivity index (χ2n) is 8.47. The van der Waals surface area contributed by atoms with E-state index in [0.717, 1.165) is 16.9 Å². The van der Waals surface area contributed by atoms with E-state index < -0.39 is 45.5 Å². The molecule has 0 amide bonds. The number of fused-ring (bicyclic) bond motifs is 1. The lowest BCUT2D eigenvalue weighted by Gasteiger charge is -2.19. The number of carbonyl (C=O) groups is 1. The Morgan fingerprint density at radius 1 is 1.05 bits per heavy atom. The van der Waals surface area contributed by atoms with Crippen molar-refractivity contribution < 1.29 is 26.4 Å². The molecule has 4 rings (SSSR count). The van der Waals surface area contributed by atoms with Crippen molar-refractivity contribution in [3.8, 4) is 11.1 Å². The molecule has 0 N–H and O–H groups in total. The van der Waals surface area contributed by atoms with E-state index in [-0.39, 0.29) is 23.2 Å². The maximum absolute atomic E-state index is 13.6. The van der Waals surface area contributed by atoms with Crippen LogP contribution in [0.25, 0.3) is 21.9 Å². The van der Waals surface area contributed by atoms with Gasteiger partial charge >= 0.3 is 6.18 Å². The predicted octanol–water partition coefficient (Wildman–Crippen LogP) is 5.13. The van der Waals surface area contributed by atoms with Crippen LogP contribution in [0, 0.1) is 0 Å². The van der Waals surface area contributed by atoms with Crippen LogP contribution in [-0.2, 0) is 22.9 Å². The summed E-state index contributed by atoms with van der Waals surface area (Å²) in [6.45, 7) is -0.434. The second kappa shape index (κ2) is 9.79. The molecule has 2 heterocycles. The van der Waals surface area contributed by atoms with Gasteiger partial charge in [-0.15, -0.1) is 0 Å². The first-order chi connectivity index (χ1) is 17.3. The second-order valence-corrected chi connectivity index (χ2v) is 10.9. The van der Waals surface area contributed by atoms with E-state index in [2.05, 4.69) is 5.10 Å². The van der Waals surface area contributed by atoms with E-state index in [1.54, 1.807) is 43.3 Å². The van der Waals surface area contributed by atoms with Crippen LogP contribution in [0.4, 0.5) is 13.2 Å². The zero-order chi connectivity index (χ0) is 27.1. The van der Waals surface area contributed by atoms with Crippen LogP contribution in [0.2, 0.25) is 5.02 Å². The molecule has 0 spiro atoms. The van der Waals surface area contributed by atoms with Gasteiger partial charge < -0.3 is 0 Å². The Labute approximate surface area is 215 Å². The van der Waals surface area contributed by atoms with Crippen molar-refractivity contribution in [3.05, 3.63) is 81.4 Å². The van der Waals surface area contributed by atoms with Crippen LogP contribution in [0.5, 0.6) is 0 Å². The van der Waals surface area contributed by atoms with E-state index >= 15 is 0 Å². The number of carbonyl (C=O) groups excluding carboxylic acids is 1. The van der Waals surface area contributed by atoms with Gasteiger partial charge in [0, 0.05) is 34.7 Å². The minimum Gasteiger partial charge on any atom is -0.298 e. The van der Waals surface area contributed by atoms with Crippen LogP contribution < -0.4 is 5.56 Å². The number of pyridine rings is 1. The van der Waals surface area contributed by atoms with E-state index in [1.807, 2.05) is 0 Å². The summed E-state index contributed by atoms with van der Waals surface area (Å²) >= 11 is 6.23. The van der Waals surface area contributed by atoms with Crippen LogP contribution in [0.1, 0.15) is 29.5 Å². The first-order valence-electron chi connectivity index (χ1n) is 11.1. The Hall–Kier alpha value is -3.44. The van der Waals surface area contributed by atoms with Gasteiger partial charge in [0.05, 0.1) is 17.9 Å². The summed E-state index contributed by atoms with van der Waals surface area (Å²) in [6.07, 6.45) is -3.93. The molecule has 0 atom stereocenters. The van der Waals surface area contributed by atoms with E-state index in [0.29, 0.717) is 26.2 Å². The van der Waals surface area contributed by atoms with E-state index in [4.69, 9.17) is 11.6 Å². The molecule has 0 unspecified atom stereocenters. The first-order valence-corrected chi connectivity index (χ1v) is 13.3. The number of nitrogens with zero attached hydrogens (tertiary/aromatic N) is 3. The maximum Gasteiger partial charge on any atom is 0.408 e. The maximum atomic E-state index is 13.6. The molecule has 0 bridgehead atoms. The highest BCUT2D eigenvalue weighted by Gasteiger charge is 2.32. The number of aromatic nitrogens is 3. The molecule has 0 radical (unpaired) electrons. The minimum atomic E-state index is -4.73. The average Bonchev–Trinajstić information content (AvgIpc) is 3.21. The fourth-order valence-electron chi connectivity index (χ4n) is 4.20. The van der Waals surface area contributed by atoms with Crippen molar-refractivity contribution in [2.24, 2.45) is 0 Å². The third-order valence-electron chi connectivity index (χ3n) is 5.70. The molecule has 4 aromatic rings. The number of rotatable bonds is 7. The fourth-order valence-corrected chi connectivity index (χ4v) is 5.21. The topological polar surface area (TPSA) is 91.0 Å². The summed E-state index contributed by atoms with van der Waals surface area (Å²) in [5.74, 6) is -0.393. The van der Waals surface area contributed by atoms with Crippen molar-refractivity contribution in [1.29, 1.82) is 0 Å². The summed E-state index contributed by atoms with van der Waals surface area (Å²) in [5.41, 5.74) is 0.376. The Balaban J connectivity index is 2.04. The number of ketones is 1. The summed E-state index contributed by atoms with van der Waals surface area (Å²) in [5, 5.41) is 4.22. The largest absolute Gasteiger partial charge is 0.408 e.